The number of hydrogen-bond donors (Lipinski definition) is 1. The Morgan fingerprint density at radius 1 is 1.26 bits per heavy atom. The van der Waals surface area contributed by atoms with Gasteiger partial charge in [-0.1, -0.05) is 13.0 Å². The summed E-state index contributed by atoms with van der Waals surface area (Å²) < 4.78 is 6.09. The van der Waals surface area contributed by atoms with E-state index in [0.717, 1.165) is 19.4 Å². The fourth-order valence-corrected chi connectivity index (χ4v) is 3.76. The molecule has 0 aliphatic heterocycles. The van der Waals surface area contributed by atoms with Crippen molar-refractivity contribution >= 4 is 22.7 Å². The molecule has 0 aliphatic carbocycles. The smallest absolute Gasteiger partial charge is 0.107 e. The lowest BCUT2D eigenvalue weighted by atomic mass is 10.1. The van der Waals surface area contributed by atoms with Gasteiger partial charge in [0.1, 0.15) is 6.10 Å². The fourth-order valence-electron chi connectivity index (χ4n) is 2.03. The van der Waals surface area contributed by atoms with Gasteiger partial charge in [-0.05, 0) is 41.8 Å². The molecule has 2 aromatic rings. The van der Waals surface area contributed by atoms with Crippen molar-refractivity contribution in [2.45, 2.75) is 38.8 Å². The molecular weight excluding hydrogens is 274 g/mol. The third-order valence-corrected chi connectivity index (χ3v) is 5.26. The third-order valence-electron chi connectivity index (χ3n) is 3.25. The maximum absolute atomic E-state index is 6.22. The standard InChI is InChI=1S/C15H21NOS2/c1-3-13(16)14(15-11(2)7-10-19-15)17-8-6-12-5-4-9-18-12/h4-5,7,9-10,13-14H,3,6,8,16H2,1-2H3. The third kappa shape index (κ3) is 3.89. The Bertz CT molecular complexity index is 478. The molecule has 19 heavy (non-hydrogen) atoms. The zero-order valence-corrected chi connectivity index (χ0v) is 13.1. The highest BCUT2D eigenvalue weighted by Gasteiger charge is 2.22. The SMILES string of the molecule is CCC(N)C(OCCc1cccs1)c1sccc1C. The van der Waals surface area contributed by atoms with Gasteiger partial charge < -0.3 is 10.5 Å². The van der Waals surface area contributed by atoms with Crippen molar-refractivity contribution in [2.75, 3.05) is 6.61 Å². The first kappa shape index (κ1) is 14.7. The van der Waals surface area contributed by atoms with Crippen LogP contribution in [0.1, 0.15) is 34.8 Å². The van der Waals surface area contributed by atoms with Gasteiger partial charge in [-0.15, -0.1) is 22.7 Å². The summed E-state index contributed by atoms with van der Waals surface area (Å²) in [7, 11) is 0. The van der Waals surface area contributed by atoms with E-state index >= 15 is 0 Å². The van der Waals surface area contributed by atoms with Gasteiger partial charge in [0, 0.05) is 22.2 Å². The second-order valence-corrected chi connectivity index (χ2v) is 6.64. The molecule has 2 unspecified atom stereocenters. The summed E-state index contributed by atoms with van der Waals surface area (Å²) in [5.41, 5.74) is 7.51. The average Bonchev–Trinajstić information content (AvgIpc) is 3.06. The van der Waals surface area contributed by atoms with Crippen LogP contribution >= 0.6 is 22.7 Å². The van der Waals surface area contributed by atoms with Crippen LogP contribution in [-0.2, 0) is 11.2 Å². The predicted molar refractivity (Wildman–Crippen MR) is 84.0 cm³/mol. The molecule has 0 spiro atoms. The van der Waals surface area contributed by atoms with E-state index in [2.05, 4.69) is 42.8 Å². The Hall–Kier alpha value is -0.680. The average molecular weight is 295 g/mol. The van der Waals surface area contributed by atoms with E-state index in [1.165, 1.54) is 15.3 Å². The Morgan fingerprint density at radius 3 is 2.68 bits per heavy atom. The Morgan fingerprint density at radius 2 is 2.11 bits per heavy atom. The van der Waals surface area contributed by atoms with E-state index in [-0.39, 0.29) is 12.1 Å². The van der Waals surface area contributed by atoms with E-state index in [9.17, 15) is 0 Å². The molecule has 2 heterocycles. The molecule has 2 atom stereocenters. The second kappa shape index (κ2) is 7.20. The van der Waals surface area contributed by atoms with Gasteiger partial charge in [0.25, 0.3) is 0 Å². The summed E-state index contributed by atoms with van der Waals surface area (Å²) >= 11 is 3.53. The number of aryl methyl sites for hydroxylation is 1. The maximum atomic E-state index is 6.22. The molecule has 0 saturated carbocycles. The molecule has 0 aromatic carbocycles. The van der Waals surface area contributed by atoms with Crippen LogP contribution in [0.15, 0.2) is 29.0 Å². The van der Waals surface area contributed by atoms with Crippen molar-refractivity contribution in [3.63, 3.8) is 0 Å². The minimum atomic E-state index is 0.0324. The first-order valence-corrected chi connectivity index (χ1v) is 8.41. The van der Waals surface area contributed by atoms with Crippen LogP contribution in [0.25, 0.3) is 0 Å². The van der Waals surface area contributed by atoms with E-state index in [1.54, 1.807) is 22.7 Å². The number of rotatable bonds is 7. The summed E-state index contributed by atoms with van der Waals surface area (Å²) in [4.78, 5) is 2.65. The van der Waals surface area contributed by atoms with Crippen molar-refractivity contribution in [3.05, 3.63) is 44.3 Å². The first-order valence-electron chi connectivity index (χ1n) is 6.66. The van der Waals surface area contributed by atoms with Crippen LogP contribution < -0.4 is 5.73 Å². The lowest BCUT2D eigenvalue weighted by molar-refractivity contribution is 0.0378. The highest BCUT2D eigenvalue weighted by molar-refractivity contribution is 7.10. The molecule has 0 saturated heterocycles. The molecule has 2 rings (SSSR count). The summed E-state index contributed by atoms with van der Waals surface area (Å²) in [5, 5.41) is 4.22. The van der Waals surface area contributed by atoms with Gasteiger partial charge in [0.15, 0.2) is 0 Å². The Labute approximate surface area is 123 Å². The molecular formula is C15H21NOS2. The lowest BCUT2D eigenvalue weighted by Gasteiger charge is -2.23. The number of hydrogen-bond acceptors (Lipinski definition) is 4. The molecule has 2 nitrogen and oxygen atoms in total. The second-order valence-electron chi connectivity index (χ2n) is 4.66. The van der Waals surface area contributed by atoms with Gasteiger partial charge in [0.2, 0.25) is 0 Å². The highest BCUT2D eigenvalue weighted by Crippen LogP contribution is 2.30. The van der Waals surface area contributed by atoms with Crippen molar-refractivity contribution in [1.82, 2.24) is 0 Å². The van der Waals surface area contributed by atoms with Crippen LogP contribution in [-0.4, -0.2) is 12.6 Å². The highest BCUT2D eigenvalue weighted by atomic mass is 32.1. The minimum absolute atomic E-state index is 0.0324. The van der Waals surface area contributed by atoms with Gasteiger partial charge in [0.05, 0.1) is 6.61 Å². The van der Waals surface area contributed by atoms with Crippen LogP contribution in [0.5, 0.6) is 0 Å². The van der Waals surface area contributed by atoms with Gasteiger partial charge in [-0.2, -0.15) is 0 Å². The summed E-state index contributed by atoms with van der Waals surface area (Å²) in [6, 6.07) is 6.44. The first-order chi connectivity index (χ1) is 9.22. The largest absolute Gasteiger partial charge is 0.371 e. The number of ether oxygens (including phenoxy) is 1. The lowest BCUT2D eigenvalue weighted by Crippen LogP contribution is -2.30. The zero-order valence-electron chi connectivity index (χ0n) is 11.5. The maximum Gasteiger partial charge on any atom is 0.107 e. The predicted octanol–water partition coefficient (Wildman–Crippen LogP) is 4.16. The summed E-state index contributed by atoms with van der Waals surface area (Å²) in [5.74, 6) is 0. The van der Waals surface area contributed by atoms with Crippen LogP contribution in [0, 0.1) is 6.92 Å². The molecule has 0 radical (unpaired) electrons. The molecule has 4 heteroatoms. The molecule has 0 fully saturated rings. The Balaban J connectivity index is 1.97. The van der Waals surface area contributed by atoms with E-state index in [0.29, 0.717) is 0 Å². The summed E-state index contributed by atoms with van der Waals surface area (Å²) in [6.45, 7) is 4.98. The zero-order chi connectivity index (χ0) is 13.7. The van der Waals surface area contributed by atoms with Gasteiger partial charge >= 0.3 is 0 Å². The fraction of sp³-hybridized carbons (Fsp3) is 0.467. The number of nitrogens with two attached hydrogens (primary N) is 1. The van der Waals surface area contributed by atoms with Crippen molar-refractivity contribution in [3.8, 4) is 0 Å². The van der Waals surface area contributed by atoms with E-state index in [4.69, 9.17) is 10.5 Å². The molecule has 2 aromatic heterocycles. The van der Waals surface area contributed by atoms with Crippen molar-refractivity contribution in [2.24, 2.45) is 5.73 Å². The van der Waals surface area contributed by atoms with Crippen LogP contribution in [0.2, 0.25) is 0 Å². The minimum Gasteiger partial charge on any atom is -0.371 e. The van der Waals surface area contributed by atoms with Crippen molar-refractivity contribution < 1.29 is 4.74 Å². The monoisotopic (exact) mass is 295 g/mol. The topological polar surface area (TPSA) is 35.2 Å². The van der Waals surface area contributed by atoms with Crippen molar-refractivity contribution in [1.29, 1.82) is 0 Å². The van der Waals surface area contributed by atoms with E-state index in [1.807, 2.05) is 0 Å². The molecule has 2 N–H and O–H groups in total. The van der Waals surface area contributed by atoms with Crippen LogP contribution in [0.4, 0.5) is 0 Å². The molecule has 104 valence electrons. The molecule has 0 bridgehead atoms. The summed E-state index contributed by atoms with van der Waals surface area (Å²) in [6.07, 6.45) is 1.93. The quantitative estimate of drug-likeness (QED) is 0.832. The Kier molecular flexibility index (Phi) is 5.58. The normalized spacial score (nSPS) is 14.5. The molecule has 0 amide bonds. The van der Waals surface area contributed by atoms with Crippen LogP contribution in [0.3, 0.4) is 0 Å². The van der Waals surface area contributed by atoms with E-state index < -0.39 is 0 Å². The van der Waals surface area contributed by atoms with Gasteiger partial charge in [-0.3, -0.25) is 0 Å². The number of thiophene rings is 2. The molecule has 0 aliphatic rings. The van der Waals surface area contributed by atoms with Gasteiger partial charge in [-0.25, -0.2) is 0 Å².